The Morgan fingerprint density at radius 1 is 1.37 bits per heavy atom. The molecule has 0 aromatic carbocycles. The Balaban J connectivity index is 1.73. The van der Waals surface area contributed by atoms with Crippen molar-refractivity contribution >= 4 is 5.91 Å². The molecule has 110 valence electrons. The number of nitrogens with one attached hydrogen (secondary N) is 1. The molecular weight excluding hydrogens is 240 g/mol. The van der Waals surface area contributed by atoms with Crippen LogP contribution in [0.5, 0.6) is 0 Å². The first-order chi connectivity index (χ1) is 9.20. The fourth-order valence-electron chi connectivity index (χ4n) is 3.45. The van der Waals surface area contributed by atoms with Crippen molar-refractivity contribution in [3.8, 4) is 0 Å². The lowest BCUT2D eigenvalue weighted by atomic mass is 9.79. The second kappa shape index (κ2) is 7.25. The summed E-state index contributed by atoms with van der Waals surface area (Å²) >= 11 is 0. The number of carbonyl (C=O) groups excluding carboxylic acids is 1. The summed E-state index contributed by atoms with van der Waals surface area (Å²) in [6, 6.07) is 0. The molecule has 1 heterocycles. The van der Waals surface area contributed by atoms with Gasteiger partial charge in [-0.1, -0.05) is 12.8 Å². The van der Waals surface area contributed by atoms with Gasteiger partial charge in [-0.15, -0.1) is 0 Å². The Kier molecular flexibility index (Phi) is 5.64. The van der Waals surface area contributed by atoms with E-state index in [0.29, 0.717) is 11.8 Å². The van der Waals surface area contributed by atoms with E-state index >= 15 is 0 Å². The highest BCUT2D eigenvalue weighted by Crippen LogP contribution is 2.31. The summed E-state index contributed by atoms with van der Waals surface area (Å²) in [5, 5.41) is 3.14. The van der Waals surface area contributed by atoms with Gasteiger partial charge in [0.05, 0.1) is 6.10 Å². The monoisotopic (exact) mass is 268 g/mol. The highest BCUT2D eigenvalue weighted by atomic mass is 16.5. The lowest BCUT2D eigenvalue weighted by Crippen LogP contribution is -2.38. The molecule has 3 N–H and O–H groups in total. The van der Waals surface area contributed by atoms with E-state index in [-0.39, 0.29) is 17.9 Å². The predicted octanol–water partition coefficient (Wildman–Crippen LogP) is 1.68. The molecule has 0 aromatic rings. The van der Waals surface area contributed by atoms with Crippen LogP contribution in [0.2, 0.25) is 0 Å². The van der Waals surface area contributed by atoms with E-state index < -0.39 is 0 Å². The molecule has 1 saturated heterocycles. The second-order valence-corrected chi connectivity index (χ2v) is 6.18. The molecule has 1 saturated carbocycles. The zero-order chi connectivity index (χ0) is 13.7. The van der Waals surface area contributed by atoms with E-state index in [1.54, 1.807) is 0 Å². The summed E-state index contributed by atoms with van der Waals surface area (Å²) in [4.78, 5) is 12.2. The van der Waals surface area contributed by atoms with Gasteiger partial charge >= 0.3 is 0 Å². The molecule has 4 nitrogen and oxygen atoms in total. The summed E-state index contributed by atoms with van der Waals surface area (Å²) in [5.74, 6) is 1.61. The van der Waals surface area contributed by atoms with Crippen LogP contribution in [0, 0.1) is 17.8 Å². The predicted molar refractivity (Wildman–Crippen MR) is 75.7 cm³/mol. The van der Waals surface area contributed by atoms with E-state index in [4.69, 9.17) is 10.5 Å². The zero-order valence-corrected chi connectivity index (χ0v) is 12.1. The molecule has 4 atom stereocenters. The van der Waals surface area contributed by atoms with E-state index in [2.05, 4.69) is 12.2 Å². The summed E-state index contributed by atoms with van der Waals surface area (Å²) in [6.45, 7) is 4.46. The van der Waals surface area contributed by atoms with Gasteiger partial charge in [0.2, 0.25) is 5.91 Å². The largest absolute Gasteiger partial charge is 0.378 e. The summed E-state index contributed by atoms with van der Waals surface area (Å²) in [5.41, 5.74) is 5.62. The Hall–Kier alpha value is -0.610. The molecule has 1 aliphatic carbocycles. The Bertz CT molecular complexity index is 294. The average molecular weight is 268 g/mol. The van der Waals surface area contributed by atoms with Crippen molar-refractivity contribution in [2.24, 2.45) is 23.5 Å². The lowest BCUT2D eigenvalue weighted by molar-refractivity contribution is -0.126. The molecule has 0 spiro atoms. The molecule has 1 amide bonds. The fraction of sp³-hybridized carbons (Fsp3) is 0.933. The van der Waals surface area contributed by atoms with Crippen molar-refractivity contribution in [2.75, 3.05) is 19.7 Å². The minimum Gasteiger partial charge on any atom is -0.378 e. The minimum atomic E-state index is 0.211. The third-order valence-corrected chi connectivity index (χ3v) is 4.80. The molecular formula is C15H28N2O2. The third kappa shape index (κ3) is 4.18. The summed E-state index contributed by atoms with van der Waals surface area (Å²) in [7, 11) is 0. The van der Waals surface area contributed by atoms with Gasteiger partial charge in [-0.05, 0) is 45.1 Å². The van der Waals surface area contributed by atoms with Crippen LogP contribution in [0.3, 0.4) is 0 Å². The van der Waals surface area contributed by atoms with Gasteiger partial charge < -0.3 is 15.8 Å². The molecule has 1 aliphatic heterocycles. The van der Waals surface area contributed by atoms with Crippen LogP contribution >= 0.6 is 0 Å². The highest BCUT2D eigenvalue weighted by molar-refractivity contribution is 5.78. The van der Waals surface area contributed by atoms with Crippen LogP contribution in [0.1, 0.15) is 45.4 Å². The van der Waals surface area contributed by atoms with Crippen molar-refractivity contribution in [1.29, 1.82) is 0 Å². The first kappa shape index (κ1) is 14.8. The van der Waals surface area contributed by atoms with Crippen LogP contribution in [0.15, 0.2) is 0 Å². The quantitative estimate of drug-likeness (QED) is 0.797. The molecule has 0 bridgehead atoms. The maximum absolute atomic E-state index is 12.2. The molecule has 0 radical (unpaired) electrons. The fourth-order valence-corrected chi connectivity index (χ4v) is 3.45. The maximum Gasteiger partial charge on any atom is 0.223 e. The Labute approximate surface area is 116 Å². The average Bonchev–Trinajstić information content (AvgIpc) is 2.82. The molecule has 4 unspecified atom stereocenters. The Morgan fingerprint density at radius 2 is 2.21 bits per heavy atom. The number of carbonyl (C=O) groups is 1. The lowest BCUT2D eigenvalue weighted by Gasteiger charge is -2.28. The standard InChI is InChI=1S/C15H28N2O2/c1-11-14(6-8-19-11)10-17-15(18)13-4-2-3-12(9-13)5-7-16/h11-14H,2-10,16H2,1H3,(H,17,18). The molecule has 2 rings (SSSR count). The molecule has 2 aliphatic rings. The SMILES string of the molecule is CC1OCCC1CNC(=O)C1CCCC(CCN)C1. The van der Waals surface area contributed by atoms with Gasteiger partial charge in [-0.25, -0.2) is 0 Å². The van der Waals surface area contributed by atoms with E-state index in [1.807, 2.05) is 0 Å². The third-order valence-electron chi connectivity index (χ3n) is 4.80. The van der Waals surface area contributed by atoms with Crippen molar-refractivity contribution in [2.45, 2.75) is 51.6 Å². The number of amides is 1. The number of nitrogens with two attached hydrogens (primary N) is 1. The second-order valence-electron chi connectivity index (χ2n) is 6.18. The van der Waals surface area contributed by atoms with E-state index in [1.165, 1.54) is 12.8 Å². The molecule has 0 aromatic heterocycles. The van der Waals surface area contributed by atoms with Crippen LogP contribution in [-0.2, 0) is 9.53 Å². The first-order valence-corrected chi connectivity index (χ1v) is 7.80. The number of ether oxygens (including phenoxy) is 1. The smallest absolute Gasteiger partial charge is 0.223 e. The van der Waals surface area contributed by atoms with Crippen molar-refractivity contribution in [1.82, 2.24) is 5.32 Å². The van der Waals surface area contributed by atoms with E-state index in [9.17, 15) is 4.79 Å². The van der Waals surface area contributed by atoms with Gasteiger partial charge in [0.1, 0.15) is 0 Å². The van der Waals surface area contributed by atoms with Crippen molar-refractivity contribution in [3.63, 3.8) is 0 Å². The zero-order valence-electron chi connectivity index (χ0n) is 12.1. The van der Waals surface area contributed by atoms with Gasteiger partial charge in [-0.3, -0.25) is 4.79 Å². The number of hydrogen-bond donors (Lipinski definition) is 2. The normalized spacial score (nSPS) is 35.3. The molecule has 4 heteroatoms. The van der Waals surface area contributed by atoms with E-state index in [0.717, 1.165) is 45.4 Å². The van der Waals surface area contributed by atoms with Gasteiger partial charge in [0.25, 0.3) is 0 Å². The Morgan fingerprint density at radius 3 is 2.89 bits per heavy atom. The van der Waals surface area contributed by atoms with Crippen LogP contribution in [0.4, 0.5) is 0 Å². The van der Waals surface area contributed by atoms with Crippen molar-refractivity contribution in [3.05, 3.63) is 0 Å². The highest BCUT2D eigenvalue weighted by Gasteiger charge is 2.29. The van der Waals surface area contributed by atoms with Gasteiger partial charge in [-0.2, -0.15) is 0 Å². The van der Waals surface area contributed by atoms with Crippen LogP contribution in [0.25, 0.3) is 0 Å². The maximum atomic E-state index is 12.2. The molecule has 2 fully saturated rings. The van der Waals surface area contributed by atoms with Crippen LogP contribution < -0.4 is 11.1 Å². The number of rotatable bonds is 5. The van der Waals surface area contributed by atoms with Crippen LogP contribution in [-0.4, -0.2) is 31.7 Å². The minimum absolute atomic E-state index is 0.211. The first-order valence-electron chi connectivity index (χ1n) is 7.80. The summed E-state index contributed by atoms with van der Waals surface area (Å²) < 4.78 is 5.53. The van der Waals surface area contributed by atoms with Crippen molar-refractivity contribution < 1.29 is 9.53 Å². The molecule has 19 heavy (non-hydrogen) atoms. The van der Waals surface area contributed by atoms with Gasteiger partial charge in [0, 0.05) is 25.0 Å². The topological polar surface area (TPSA) is 64.3 Å². The number of hydrogen-bond acceptors (Lipinski definition) is 3. The summed E-state index contributed by atoms with van der Waals surface area (Å²) in [6.07, 6.45) is 6.92. The van der Waals surface area contributed by atoms with Gasteiger partial charge in [0.15, 0.2) is 0 Å².